The van der Waals surface area contributed by atoms with Crippen LogP contribution in [0.4, 0.5) is 0 Å². The van der Waals surface area contributed by atoms with Gasteiger partial charge in [-0.25, -0.2) is 4.98 Å². The molecule has 1 aromatic heterocycles. The van der Waals surface area contributed by atoms with Gasteiger partial charge in [0.2, 0.25) is 5.91 Å². The van der Waals surface area contributed by atoms with Crippen molar-refractivity contribution in [3.05, 3.63) is 16.1 Å². The first-order chi connectivity index (χ1) is 8.61. The molecule has 0 radical (unpaired) electrons. The highest BCUT2D eigenvalue weighted by Gasteiger charge is 2.28. The van der Waals surface area contributed by atoms with E-state index in [1.165, 1.54) is 0 Å². The number of hydrogen-bond donors (Lipinski definition) is 1. The van der Waals surface area contributed by atoms with Crippen LogP contribution in [0.5, 0.6) is 0 Å². The van der Waals surface area contributed by atoms with E-state index in [1.54, 1.807) is 11.3 Å². The first kappa shape index (κ1) is 13.8. The van der Waals surface area contributed by atoms with Crippen LogP contribution in [-0.2, 0) is 10.7 Å². The van der Waals surface area contributed by atoms with Gasteiger partial charge in [0.25, 0.3) is 0 Å². The van der Waals surface area contributed by atoms with Gasteiger partial charge in [0.05, 0.1) is 23.5 Å². The van der Waals surface area contributed by atoms with E-state index in [0.29, 0.717) is 5.88 Å². The summed E-state index contributed by atoms with van der Waals surface area (Å²) in [5, 5.41) is 3.06. The number of alkyl halides is 1. The highest BCUT2D eigenvalue weighted by atomic mass is 35.5. The van der Waals surface area contributed by atoms with E-state index in [9.17, 15) is 4.79 Å². The number of carbonyl (C=O) groups excluding carboxylic acids is 1. The summed E-state index contributed by atoms with van der Waals surface area (Å²) >= 11 is 7.40. The Bertz CT molecular complexity index is 423. The van der Waals surface area contributed by atoms with Gasteiger partial charge in [-0.2, -0.15) is 0 Å². The number of rotatable bonds is 4. The van der Waals surface area contributed by atoms with Crippen LogP contribution >= 0.6 is 22.9 Å². The molecule has 0 saturated carbocycles. The summed E-state index contributed by atoms with van der Waals surface area (Å²) in [6.07, 6.45) is 1.93. The Hall–Kier alpha value is -0.650. The lowest BCUT2D eigenvalue weighted by Gasteiger charge is -2.34. The molecule has 2 atom stereocenters. The van der Waals surface area contributed by atoms with Crippen molar-refractivity contribution < 1.29 is 4.79 Å². The second-order valence-corrected chi connectivity index (χ2v) is 5.88. The van der Waals surface area contributed by atoms with Gasteiger partial charge in [0, 0.05) is 11.9 Å². The number of primary amides is 1. The quantitative estimate of drug-likeness (QED) is 0.863. The third-order valence-corrected chi connectivity index (χ3v) is 4.80. The maximum absolute atomic E-state index is 11.3. The first-order valence-electron chi connectivity index (χ1n) is 6.15. The molecule has 6 heteroatoms. The van der Waals surface area contributed by atoms with Crippen molar-refractivity contribution in [2.24, 2.45) is 11.7 Å². The zero-order valence-corrected chi connectivity index (χ0v) is 12.0. The zero-order valence-electron chi connectivity index (χ0n) is 10.4. The van der Waals surface area contributed by atoms with Gasteiger partial charge in [-0.05, 0) is 26.3 Å². The summed E-state index contributed by atoms with van der Waals surface area (Å²) in [6.45, 7) is 3.87. The molecular formula is C12H18ClN3OS. The standard InChI is InChI=1S/C12H18ClN3OS/c1-8(12-15-10(5-13)7-18-12)16-4-2-3-9(6-16)11(14)17/h7-9H,2-6H2,1H3,(H2,14,17). The molecule has 4 nitrogen and oxygen atoms in total. The number of halogens is 1. The Morgan fingerprint density at radius 2 is 2.56 bits per heavy atom. The van der Waals surface area contributed by atoms with Gasteiger partial charge in [0.15, 0.2) is 0 Å². The van der Waals surface area contributed by atoms with E-state index in [2.05, 4.69) is 16.8 Å². The van der Waals surface area contributed by atoms with Gasteiger partial charge in [-0.3, -0.25) is 9.69 Å². The van der Waals surface area contributed by atoms with Crippen LogP contribution in [0.15, 0.2) is 5.38 Å². The Kier molecular flexibility index (Phi) is 4.59. The highest BCUT2D eigenvalue weighted by molar-refractivity contribution is 7.09. The summed E-state index contributed by atoms with van der Waals surface area (Å²) in [5.74, 6) is 0.244. The number of amides is 1. The molecule has 2 unspecified atom stereocenters. The van der Waals surface area contributed by atoms with Gasteiger partial charge in [-0.15, -0.1) is 22.9 Å². The van der Waals surface area contributed by atoms with Crippen LogP contribution < -0.4 is 5.73 Å². The Labute approximate surface area is 116 Å². The van der Waals surface area contributed by atoms with Crippen molar-refractivity contribution >= 4 is 28.8 Å². The van der Waals surface area contributed by atoms with Crippen molar-refractivity contribution in [3.8, 4) is 0 Å². The van der Waals surface area contributed by atoms with E-state index < -0.39 is 0 Å². The van der Waals surface area contributed by atoms with Gasteiger partial charge < -0.3 is 5.73 Å². The third kappa shape index (κ3) is 3.02. The van der Waals surface area contributed by atoms with E-state index in [1.807, 2.05) is 5.38 Å². The van der Waals surface area contributed by atoms with Gasteiger partial charge in [0.1, 0.15) is 5.01 Å². The summed E-state index contributed by atoms with van der Waals surface area (Å²) in [5.41, 5.74) is 6.32. The van der Waals surface area contributed by atoms with Crippen molar-refractivity contribution in [1.82, 2.24) is 9.88 Å². The first-order valence-corrected chi connectivity index (χ1v) is 7.57. The normalized spacial score (nSPS) is 22.9. The molecule has 2 N–H and O–H groups in total. The fraction of sp³-hybridized carbons (Fsp3) is 0.667. The minimum atomic E-state index is -0.188. The minimum Gasteiger partial charge on any atom is -0.369 e. The number of piperidine rings is 1. The Balaban J connectivity index is 2.03. The van der Waals surface area contributed by atoms with Crippen molar-refractivity contribution in [3.63, 3.8) is 0 Å². The number of likely N-dealkylation sites (tertiary alicyclic amines) is 1. The van der Waals surface area contributed by atoms with Crippen LogP contribution in [0.3, 0.4) is 0 Å². The number of nitrogens with two attached hydrogens (primary N) is 1. The SMILES string of the molecule is CC(c1nc(CCl)cs1)N1CCCC(C(N)=O)C1. The van der Waals surface area contributed by atoms with E-state index in [4.69, 9.17) is 17.3 Å². The van der Waals surface area contributed by atoms with Crippen LogP contribution in [-0.4, -0.2) is 28.9 Å². The largest absolute Gasteiger partial charge is 0.369 e. The number of hydrogen-bond acceptors (Lipinski definition) is 4. The second-order valence-electron chi connectivity index (χ2n) is 4.72. The van der Waals surface area contributed by atoms with E-state index >= 15 is 0 Å². The molecule has 2 rings (SSSR count). The third-order valence-electron chi connectivity index (χ3n) is 3.47. The minimum absolute atomic E-state index is 0.0198. The number of thiazole rings is 1. The summed E-state index contributed by atoms with van der Waals surface area (Å²) in [4.78, 5) is 18.1. The molecule has 1 fully saturated rings. The lowest BCUT2D eigenvalue weighted by atomic mass is 9.96. The molecule has 2 heterocycles. The van der Waals surface area contributed by atoms with E-state index in [-0.39, 0.29) is 17.9 Å². The highest BCUT2D eigenvalue weighted by Crippen LogP contribution is 2.28. The predicted molar refractivity (Wildman–Crippen MR) is 73.6 cm³/mol. The van der Waals surface area contributed by atoms with Gasteiger partial charge in [-0.1, -0.05) is 0 Å². The zero-order chi connectivity index (χ0) is 13.1. The topological polar surface area (TPSA) is 59.2 Å². The fourth-order valence-corrected chi connectivity index (χ4v) is 3.46. The molecule has 1 amide bonds. The number of carbonyl (C=O) groups is 1. The maximum atomic E-state index is 11.3. The summed E-state index contributed by atoms with van der Waals surface area (Å²) in [6, 6.07) is 0.231. The van der Waals surface area contributed by atoms with E-state index in [0.717, 1.165) is 36.6 Å². The molecule has 18 heavy (non-hydrogen) atoms. The average Bonchev–Trinajstić information content (AvgIpc) is 2.86. The Morgan fingerprint density at radius 1 is 1.78 bits per heavy atom. The summed E-state index contributed by atoms with van der Waals surface area (Å²) in [7, 11) is 0. The number of aromatic nitrogens is 1. The molecule has 1 aromatic rings. The maximum Gasteiger partial charge on any atom is 0.221 e. The Morgan fingerprint density at radius 3 is 3.17 bits per heavy atom. The lowest BCUT2D eigenvalue weighted by molar-refractivity contribution is -0.123. The predicted octanol–water partition coefficient (Wildman–Crippen LogP) is 2.14. The fourth-order valence-electron chi connectivity index (χ4n) is 2.32. The van der Waals surface area contributed by atoms with Crippen molar-refractivity contribution in [2.45, 2.75) is 31.7 Å². The lowest BCUT2D eigenvalue weighted by Crippen LogP contribution is -2.42. The average molecular weight is 288 g/mol. The van der Waals surface area contributed by atoms with Crippen molar-refractivity contribution in [1.29, 1.82) is 0 Å². The smallest absolute Gasteiger partial charge is 0.221 e. The van der Waals surface area contributed by atoms with Crippen LogP contribution in [0.25, 0.3) is 0 Å². The second kappa shape index (κ2) is 5.99. The van der Waals surface area contributed by atoms with Gasteiger partial charge >= 0.3 is 0 Å². The molecular weight excluding hydrogens is 270 g/mol. The van der Waals surface area contributed by atoms with Crippen LogP contribution in [0.2, 0.25) is 0 Å². The molecule has 1 aliphatic heterocycles. The molecule has 1 saturated heterocycles. The molecule has 0 bridgehead atoms. The summed E-state index contributed by atoms with van der Waals surface area (Å²) < 4.78 is 0. The molecule has 0 aromatic carbocycles. The molecule has 0 aliphatic carbocycles. The van der Waals surface area contributed by atoms with Crippen molar-refractivity contribution in [2.75, 3.05) is 13.1 Å². The van der Waals surface area contributed by atoms with Crippen LogP contribution in [0.1, 0.15) is 36.5 Å². The molecule has 1 aliphatic rings. The molecule has 0 spiro atoms. The monoisotopic (exact) mass is 287 g/mol. The van der Waals surface area contributed by atoms with Crippen LogP contribution in [0, 0.1) is 5.92 Å². The molecule has 100 valence electrons. The number of nitrogens with zero attached hydrogens (tertiary/aromatic N) is 2.